The number of guanidine groups is 1. The fraction of sp³-hybridized carbons (Fsp3) is 0.587. The van der Waals surface area contributed by atoms with Crippen molar-refractivity contribution >= 4 is 94.5 Å². The summed E-state index contributed by atoms with van der Waals surface area (Å²) in [6.07, 6.45) is 3.12. The summed E-state index contributed by atoms with van der Waals surface area (Å²) in [6.45, 7) is 3.86. The number of carbonyl (C=O) groups excluding carboxylic acids is 13. The van der Waals surface area contributed by atoms with Gasteiger partial charge >= 0.3 is 0 Å². The monoisotopic (exact) mass is 1350 g/mol. The van der Waals surface area contributed by atoms with Crippen molar-refractivity contribution in [2.45, 2.75) is 183 Å². The predicted octanol–water partition coefficient (Wildman–Crippen LogP) is -3.71. The molecule has 0 aliphatic carbocycles. The summed E-state index contributed by atoms with van der Waals surface area (Å²) in [5.41, 5.74) is 40.6. The predicted molar refractivity (Wildman–Crippen MR) is 356 cm³/mol. The molecule has 2 aliphatic heterocycles. The van der Waals surface area contributed by atoms with Gasteiger partial charge in [0.1, 0.15) is 54.4 Å². The molecule has 95 heavy (non-hydrogen) atoms. The quantitative estimate of drug-likeness (QED) is 0.0173. The van der Waals surface area contributed by atoms with Gasteiger partial charge in [-0.15, -0.1) is 0 Å². The molecule has 13 amide bonds. The first-order valence-corrected chi connectivity index (χ1v) is 33.6. The average Bonchev–Trinajstić information content (AvgIpc) is 1.74. The SMILES string of the molecule is CSCC[C@H](NC(=O)[C@H](CC(C)C)NC(=O)CNC(=O)[C@H](Cc1ccccc1)NC(=O)[C@@H](Cc1ccccc1)NC(=O)[C@H](CCC(N)=O)NC(=O)[C@@H](CCC(N)=O)NC(=O)[C@H]1CCCN1C(=O)[C@H](CCCCN)NC(=O)[C@H]1CCCN1C(=O)[C@@H](N)CCCN=C(N)N)C(N)=O. The molecule has 0 saturated carbocycles. The number of hydrogen-bond donors (Lipinski definition) is 15. The van der Waals surface area contributed by atoms with Gasteiger partial charge in [0.2, 0.25) is 76.8 Å². The Labute approximate surface area is 558 Å². The van der Waals surface area contributed by atoms with Crippen LogP contribution in [0.25, 0.3) is 0 Å². The highest BCUT2D eigenvalue weighted by molar-refractivity contribution is 7.98. The second kappa shape index (κ2) is 41.0. The van der Waals surface area contributed by atoms with Crippen LogP contribution in [0.15, 0.2) is 65.7 Å². The molecular formula is C63H98N18O13S. The van der Waals surface area contributed by atoms with Crippen LogP contribution in [-0.4, -0.2) is 198 Å². The van der Waals surface area contributed by atoms with E-state index in [1.165, 1.54) is 21.6 Å². The van der Waals surface area contributed by atoms with Crippen molar-refractivity contribution in [2.75, 3.05) is 44.7 Å². The first-order chi connectivity index (χ1) is 45.2. The Morgan fingerprint density at radius 3 is 1.51 bits per heavy atom. The number of nitrogens with zero attached hydrogens (tertiary/aromatic N) is 3. The molecule has 0 radical (unpaired) electrons. The molecule has 0 unspecified atom stereocenters. The van der Waals surface area contributed by atoms with Gasteiger partial charge in [0, 0.05) is 45.3 Å². The number of benzene rings is 2. The van der Waals surface area contributed by atoms with Crippen molar-refractivity contribution in [1.82, 2.24) is 52.3 Å². The number of unbranched alkanes of at least 4 members (excludes halogenated alkanes) is 1. The second-order valence-corrected chi connectivity index (χ2v) is 25.1. The normalized spacial score (nSPS) is 16.8. The van der Waals surface area contributed by atoms with E-state index in [2.05, 4.69) is 47.5 Å². The third-order valence-electron chi connectivity index (χ3n) is 16.0. The molecule has 2 aromatic rings. The van der Waals surface area contributed by atoms with Crippen LogP contribution >= 0.6 is 11.8 Å². The van der Waals surface area contributed by atoms with Gasteiger partial charge in [0.05, 0.1) is 12.6 Å². The van der Waals surface area contributed by atoms with Crippen molar-refractivity contribution in [3.05, 3.63) is 71.8 Å². The van der Waals surface area contributed by atoms with Crippen LogP contribution in [0.3, 0.4) is 0 Å². The Hall–Kier alpha value is -8.91. The molecule has 10 atom stereocenters. The Bertz CT molecular complexity index is 2960. The molecule has 2 aliphatic rings. The minimum atomic E-state index is -1.64. The number of nitrogens with two attached hydrogens (primary N) is 7. The minimum absolute atomic E-state index is 0.0736. The minimum Gasteiger partial charge on any atom is -0.370 e. The molecule has 2 aromatic carbocycles. The first kappa shape index (κ1) is 78.5. The zero-order valence-electron chi connectivity index (χ0n) is 54.5. The van der Waals surface area contributed by atoms with E-state index in [0.29, 0.717) is 55.4 Å². The number of thioether (sulfide) groups is 1. The number of likely N-dealkylation sites (tertiary alicyclic amines) is 2. The highest BCUT2D eigenvalue weighted by Gasteiger charge is 2.42. The molecule has 31 nitrogen and oxygen atoms in total. The molecule has 2 saturated heterocycles. The number of aliphatic imine (C=N–C) groups is 1. The number of nitrogens with one attached hydrogen (secondary N) is 8. The van der Waals surface area contributed by atoms with Gasteiger partial charge in [-0.1, -0.05) is 74.5 Å². The third kappa shape index (κ3) is 27.5. The maximum Gasteiger partial charge on any atom is 0.245 e. The highest BCUT2D eigenvalue weighted by Crippen LogP contribution is 2.24. The van der Waals surface area contributed by atoms with Crippen LogP contribution in [0.2, 0.25) is 0 Å². The maximum absolute atomic E-state index is 14.7. The summed E-state index contributed by atoms with van der Waals surface area (Å²) in [5.74, 6) is -9.80. The maximum atomic E-state index is 14.7. The Morgan fingerprint density at radius 2 is 1.01 bits per heavy atom. The van der Waals surface area contributed by atoms with E-state index in [-0.39, 0.29) is 83.0 Å². The standard InChI is InChI=1S/C63H98N18O13S/c1-37(2)33-45(57(89)74-41(53(68)85)27-32-95-3)73-52(84)36-72-54(86)46(34-38-15-6-4-7-16-38)78-58(90)47(35-39-17-8-5-9-18-39)79-56(88)42(23-25-50(66)82)75-55(87)43(24-26-51(67)83)76-59(91)49-22-14-31-81(49)62(94)44(20-10-11-28-64)77-60(92)48-21-13-30-80(48)61(93)40(65)19-12-29-71-63(69)70/h4-9,15-18,37,40-49H,10-14,19-36,64-65H2,1-3H3,(H2,66,82)(H2,67,83)(H2,68,85)(H,72,86)(H,73,84)(H,74,89)(H,75,87)(H,76,91)(H,77,92)(H,78,90)(H,79,88)(H4,69,70,71)/t40-,41-,42-,43+,44-,45-,46-,47+,48+,49+/m0/s1. The highest BCUT2D eigenvalue weighted by atomic mass is 32.2. The van der Waals surface area contributed by atoms with Crippen molar-refractivity contribution in [2.24, 2.45) is 51.0 Å². The van der Waals surface area contributed by atoms with Gasteiger partial charge < -0.3 is 92.5 Å². The lowest BCUT2D eigenvalue weighted by Crippen LogP contribution is -2.60. The molecule has 0 aromatic heterocycles. The van der Waals surface area contributed by atoms with E-state index in [1.807, 2.05) is 20.1 Å². The summed E-state index contributed by atoms with van der Waals surface area (Å²) in [4.78, 5) is 185. The van der Waals surface area contributed by atoms with Crippen molar-refractivity contribution < 1.29 is 62.3 Å². The smallest absolute Gasteiger partial charge is 0.245 e. The Morgan fingerprint density at radius 1 is 0.537 bits per heavy atom. The molecule has 32 heteroatoms. The van der Waals surface area contributed by atoms with Gasteiger partial charge in [0.25, 0.3) is 0 Å². The third-order valence-corrected chi connectivity index (χ3v) is 16.7. The van der Waals surface area contributed by atoms with Crippen LogP contribution in [-0.2, 0) is 75.2 Å². The number of amides is 13. The van der Waals surface area contributed by atoms with E-state index in [9.17, 15) is 62.3 Å². The summed E-state index contributed by atoms with van der Waals surface area (Å²) < 4.78 is 0. The summed E-state index contributed by atoms with van der Waals surface area (Å²) in [6, 6.07) is 4.51. The van der Waals surface area contributed by atoms with Gasteiger partial charge in [-0.05, 0) is 119 Å². The molecule has 0 spiro atoms. The van der Waals surface area contributed by atoms with E-state index < -0.39 is 169 Å². The Kier molecular flexibility index (Phi) is 33.9. The number of carbonyl (C=O) groups is 13. The number of rotatable bonds is 42. The van der Waals surface area contributed by atoms with E-state index in [1.54, 1.807) is 60.7 Å². The van der Waals surface area contributed by atoms with E-state index >= 15 is 0 Å². The lowest BCUT2D eigenvalue weighted by Gasteiger charge is -2.32. The molecule has 2 heterocycles. The van der Waals surface area contributed by atoms with E-state index in [4.69, 9.17) is 40.1 Å². The molecular weight excluding hydrogens is 1250 g/mol. The first-order valence-electron chi connectivity index (χ1n) is 32.2. The van der Waals surface area contributed by atoms with Crippen LogP contribution < -0.4 is 82.7 Å². The molecule has 22 N–H and O–H groups in total. The summed E-state index contributed by atoms with van der Waals surface area (Å²) in [7, 11) is 0. The van der Waals surface area contributed by atoms with E-state index in [0.717, 1.165) is 0 Å². The zero-order valence-corrected chi connectivity index (χ0v) is 55.3. The Balaban J connectivity index is 1.56. The molecule has 2 fully saturated rings. The van der Waals surface area contributed by atoms with Gasteiger partial charge in [-0.3, -0.25) is 67.3 Å². The molecule has 4 rings (SSSR count). The molecule has 0 bridgehead atoms. The number of hydrogen-bond acceptors (Lipinski definition) is 17. The molecule has 524 valence electrons. The number of primary amides is 3. The topological polar surface area (TPSA) is 519 Å². The lowest BCUT2D eigenvalue weighted by atomic mass is 10.0. The summed E-state index contributed by atoms with van der Waals surface area (Å²) in [5, 5.41) is 21.1. The van der Waals surface area contributed by atoms with Crippen LogP contribution in [0.4, 0.5) is 0 Å². The van der Waals surface area contributed by atoms with Crippen molar-refractivity contribution in [3.63, 3.8) is 0 Å². The second-order valence-electron chi connectivity index (χ2n) is 24.1. The summed E-state index contributed by atoms with van der Waals surface area (Å²) >= 11 is 1.45. The zero-order chi connectivity index (χ0) is 70.1. The fourth-order valence-electron chi connectivity index (χ4n) is 11.0. The van der Waals surface area contributed by atoms with Crippen molar-refractivity contribution in [1.29, 1.82) is 0 Å². The van der Waals surface area contributed by atoms with Gasteiger partial charge in [0.15, 0.2) is 5.96 Å². The van der Waals surface area contributed by atoms with Crippen LogP contribution in [0.5, 0.6) is 0 Å². The fourth-order valence-corrected chi connectivity index (χ4v) is 11.5. The van der Waals surface area contributed by atoms with Crippen LogP contribution in [0, 0.1) is 5.92 Å². The lowest BCUT2D eigenvalue weighted by molar-refractivity contribution is -0.144. The average molecular weight is 1350 g/mol. The largest absolute Gasteiger partial charge is 0.370 e. The van der Waals surface area contributed by atoms with Gasteiger partial charge in [-0.2, -0.15) is 11.8 Å². The van der Waals surface area contributed by atoms with Crippen molar-refractivity contribution in [3.8, 4) is 0 Å². The van der Waals surface area contributed by atoms with Crippen LogP contribution in [0.1, 0.15) is 121 Å². The van der Waals surface area contributed by atoms with Gasteiger partial charge in [-0.25, -0.2) is 0 Å².